The maximum Gasteiger partial charge on any atom is 0.194 e. The number of hydrogen-bond donors (Lipinski definition) is 2. The van der Waals surface area contributed by atoms with Crippen LogP contribution in [0.25, 0.3) is 0 Å². The van der Waals surface area contributed by atoms with E-state index in [1.165, 1.54) is 12.3 Å². The standard InChI is InChI=1S/C11H7F3N4S/c12-7-3-5(4-8(13)9(7)14)17-11-6(10(15)19)1-2-16-18-11/h1-4H,(H2,15,19)(H,17,18). The molecule has 19 heavy (non-hydrogen) atoms. The zero-order valence-corrected chi connectivity index (χ0v) is 10.1. The highest BCUT2D eigenvalue weighted by Gasteiger charge is 2.13. The number of rotatable bonds is 3. The molecule has 0 amide bonds. The number of aromatic nitrogens is 2. The Morgan fingerprint density at radius 3 is 2.42 bits per heavy atom. The molecule has 0 fully saturated rings. The summed E-state index contributed by atoms with van der Waals surface area (Å²) in [6.07, 6.45) is 1.37. The molecule has 98 valence electrons. The van der Waals surface area contributed by atoms with Crippen molar-refractivity contribution in [3.05, 3.63) is 47.4 Å². The number of nitrogens with one attached hydrogen (secondary N) is 1. The Morgan fingerprint density at radius 2 is 1.84 bits per heavy atom. The molecular formula is C11H7F3N4S. The third kappa shape index (κ3) is 2.79. The molecule has 1 aromatic heterocycles. The van der Waals surface area contributed by atoms with E-state index in [0.29, 0.717) is 5.56 Å². The van der Waals surface area contributed by atoms with E-state index in [2.05, 4.69) is 15.5 Å². The molecule has 2 aromatic rings. The molecule has 4 nitrogen and oxygen atoms in total. The average molecular weight is 284 g/mol. The summed E-state index contributed by atoms with van der Waals surface area (Å²) in [5.74, 6) is -4.05. The number of anilines is 2. The van der Waals surface area contributed by atoms with Gasteiger partial charge in [-0.1, -0.05) is 12.2 Å². The molecule has 1 heterocycles. The smallest absolute Gasteiger partial charge is 0.194 e. The molecule has 3 N–H and O–H groups in total. The van der Waals surface area contributed by atoms with Gasteiger partial charge in [-0.25, -0.2) is 13.2 Å². The van der Waals surface area contributed by atoms with Gasteiger partial charge in [-0.2, -0.15) is 5.10 Å². The van der Waals surface area contributed by atoms with E-state index in [1.807, 2.05) is 0 Å². The third-order valence-corrected chi connectivity index (χ3v) is 2.45. The first-order chi connectivity index (χ1) is 8.99. The monoisotopic (exact) mass is 284 g/mol. The van der Waals surface area contributed by atoms with E-state index in [0.717, 1.165) is 12.1 Å². The van der Waals surface area contributed by atoms with Crippen LogP contribution in [0.15, 0.2) is 24.4 Å². The zero-order chi connectivity index (χ0) is 14.0. The summed E-state index contributed by atoms with van der Waals surface area (Å²) in [6, 6.07) is 3.07. The molecule has 0 atom stereocenters. The van der Waals surface area contributed by atoms with Crippen molar-refractivity contribution in [2.75, 3.05) is 5.32 Å². The molecular weight excluding hydrogens is 277 g/mol. The lowest BCUT2D eigenvalue weighted by Crippen LogP contribution is -2.13. The van der Waals surface area contributed by atoms with Gasteiger partial charge in [0.25, 0.3) is 0 Å². The summed E-state index contributed by atoms with van der Waals surface area (Å²) in [4.78, 5) is 0.0421. The summed E-state index contributed by atoms with van der Waals surface area (Å²) in [6.45, 7) is 0. The molecule has 0 aliphatic heterocycles. The second kappa shape index (κ2) is 5.19. The molecule has 0 unspecified atom stereocenters. The second-order valence-electron chi connectivity index (χ2n) is 3.54. The molecule has 0 saturated carbocycles. The number of nitrogens with zero attached hydrogens (tertiary/aromatic N) is 2. The van der Waals surface area contributed by atoms with E-state index in [4.69, 9.17) is 18.0 Å². The van der Waals surface area contributed by atoms with Crippen LogP contribution in [0, 0.1) is 17.5 Å². The van der Waals surface area contributed by atoms with Gasteiger partial charge in [0, 0.05) is 17.8 Å². The fourth-order valence-electron chi connectivity index (χ4n) is 1.39. The maximum absolute atomic E-state index is 13.1. The number of hydrogen-bond acceptors (Lipinski definition) is 4. The van der Waals surface area contributed by atoms with Crippen LogP contribution in [-0.4, -0.2) is 15.2 Å². The molecule has 1 aromatic carbocycles. The van der Waals surface area contributed by atoms with E-state index >= 15 is 0 Å². The first kappa shape index (κ1) is 13.2. The number of halogens is 3. The fourth-order valence-corrected chi connectivity index (χ4v) is 1.55. The predicted octanol–water partition coefficient (Wildman–Crippen LogP) is 2.27. The van der Waals surface area contributed by atoms with Crippen LogP contribution in [-0.2, 0) is 0 Å². The Labute approximate surface area is 111 Å². The Hall–Kier alpha value is -2.22. The van der Waals surface area contributed by atoms with Gasteiger partial charge in [0.05, 0.1) is 11.8 Å². The van der Waals surface area contributed by atoms with Gasteiger partial charge in [0.2, 0.25) is 0 Å². The zero-order valence-electron chi connectivity index (χ0n) is 9.32. The third-order valence-electron chi connectivity index (χ3n) is 2.23. The molecule has 0 bridgehead atoms. The van der Waals surface area contributed by atoms with Crippen LogP contribution < -0.4 is 11.1 Å². The van der Waals surface area contributed by atoms with E-state index in [-0.39, 0.29) is 16.5 Å². The Kier molecular flexibility index (Phi) is 3.61. The highest BCUT2D eigenvalue weighted by Crippen LogP contribution is 2.21. The Morgan fingerprint density at radius 1 is 1.21 bits per heavy atom. The van der Waals surface area contributed by atoms with Gasteiger partial charge in [-0.15, -0.1) is 5.10 Å². The summed E-state index contributed by atoms with van der Waals surface area (Å²) in [5.41, 5.74) is 5.79. The minimum atomic E-state index is -1.54. The lowest BCUT2D eigenvalue weighted by molar-refractivity contribution is 0.448. The van der Waals surface area contributed by atoms with Gasteiger partial charge in [-0.3, -0.25) is 0 Å². The van der Waals surface area contributed by atoms with E-state index in [1.54, 1.807) is 0 Å². The van der Waals surface area contributed by atoms with Crippen molar-refractivity contribution >= 4 is 28.7 Å². The first-order valence-corrected chi connectivity index (χ1v) is 5.43. The van der Waals surface area contributed by atoms with Gasteiger partial charge >= 0.3 is 0 Å². The van der Waals surface area contributed by atoms with Crippen molar-refractivity contribution in [2.24, 2.45) is 5.73 Å². The average Bonchev–Trinajstić information content (AvgIpc) is 2.36. The number of thiocarbonyl (C=S) groups is 1. The lowest BCUT2D eigenvalue weighted by atomic mass is 10.2. The highest BCUT2D eigenvalue weighted by molar-refractivity contribution is 7.80. The molecule has 0 aliphatic carbocycles. The van der Waals surface area contributed by atoms with Crippen LogP contribution >= 0.6 is 12.2 Å². The first-order valence-electron chi connectivity index (χ1n) is 5.02. The summed E-state index contributed by atoms with van der Waals surface area (Å²) in [7, 11) is 0. The van der Waals surface area contributed by atoms with Crippen LogP contribution in [0.5, 0.6) is 0 Å². The topological polar surface area (TPSA) is 63.8 Å². The normalized spacial score (nSPS) is 10.3. The van der Waals surface area contributed by atoms with E-state index in [9.17, 15) is 13.2 Å². The van der Waals surface area contributed by atoms with Crippen molar-refractivity contribution < 1.29 is 13.2 Å². The van der Waals surface area contributed by atoms with Gasteiger partial charge in [-0.05, 0) is 6.07 Å². The summed E-state index contributed by atoms with van der Waals surface area (Å²) >= 11 is 4.80. The van der Waals surface area contributed by atoms with E-state index < -0.39 is 17.5 Å². The minimum Gasteiger partial charge on any atom is -0.389 e. The SMILES string of the molecule is NC(=S)c1ccnnc1Nc1cc(F)c(F)c(F)c1. The minimum absolute atomic E-state index is 0.0330. The molecule has 0 radical (unpaired) electrons. The van der Waals surface area contributed by atoms with Crippen LogP contribution in [0.2, 0.25) is 0 Å². The molecule has 2 rings (SSSR count). The number of benzene rings is 1. The van der Waals surface area contributed by atoms with Crippen molar-refractivity contribution in [1.82, 2.24) is 10.2 Å². The lowest BCUT2D eigenvalue weighted by Gasteiger charge is -2.09. The van der Waals surface area contributed by atoms with Crippen LogP contribution in [0.3, 0.4) is 0 Å². The number of nitrogens with two attached hydrogens (primary N) is 1. The van der Waals surface area contributed by atoms with Crippen LogP contribution in [0.1, 0.15) is 5.56 Å². The Balaban J connectivity index is 2.39. The summed E-state index contributed by atoms with van der Waals surface area (Å²) in [5, 5.41) is 9.88. The molecule has 0 aliphatic rings. The molecule has 8 heteroatoms. The Bertz CT molecular complexity index is 625. The summed E-state index contributed by atoms with van der Waals surface area (Å²) < 4.78 is 38.9. The predicted molar refractivity (Wildman–Crippen MR) is 67.5 cm³/mol. The van der Waals surface area contributed by atoms with Crippen LogP contribution in [0.4, 0.5) is 24.7 Å². The van der Waals surface area contributed by atoms with Crippen molar-refractivity contribution in [1.29, 1.82) is 0 Å². The van der Waals surface area contributed by atoms with Crippen molar-refractivity contribution in [3.8, 4) is 0 Å². The van der Waals surface area contributed by atoms with Gasteiger partial charge in [0.15, 0.2) is 23.3 Å². The van der Waals surface area contributed by atoms with Crippen molar-refractivity contribution in [2.45, 2.75) is 0 Å². The van der Waals surface area contributed by atoms with Gasteiger partial charge in [0.1, 0.15) is 4.99 Å². The van der Waals surface area contributed by atoms with Gasteiger partial charge < -0.3 is 11.1 Å². The highest BCUT2D eigenvalue weighted by atomic mass is 32.1. The second-order valence-corrected chi connectivity index (χ2v) is 3.98. The quantitative estimate of drug-likeness (QED) is 0.668. The fraction of sp³-hybridized carbons (Fsp3) is 0. The van der Waals surface area contributed by atoms with Crippen molar-refractivity contribution in [3.63, 3.8) is 0 Å². The molecule has 0 spiro atoms. The largest absolute Gasteiger partial charge is 0.389 e. The molecule has 0 saturated heterocycles. The maximum atomic E-state index is 13.1.